The van der Waals surface area contributed by atoms with Crippen molar-refractivity contribution < 1.29 is 14.1 Å². The molecule has 0 aliphatic carbocycles. The Morgan fingerprint density at radius 2 is 2.00 bits per heavy atom. The number of nitrogens with zero attached hydrogens (tertiary/aromatic N) is 2. The van der Waals surface area contributed by atoms with E-state index in [1.165, 1.54) is 18.2 Å². The Balaban J connectivity index is 1.93. The van der Waals surface area contributed by atoms with Crippen LogP contribution in [0.15, 0.2) is 48.8 Å². The number of halogens is 1. The highest BCUT2D eigenvalue weighted by Gasteiger charge is 1.98. The van der Waals surface area contributed by atoms with Gasteiger partial charge in [0.05, 0.1) is 11.1 Å². The molecular formula is C14H11FN2O3. The zero-order chi connectivity index (χ0) is 14.4. The molecule has 2 rings (SSSR count). The van der Waals surface area contributed by atoms with Gasteiger partial charge in [0, 0.05) is 12.1 Å². The van der Waals surface area contributed by atoms with Gasteiger partial charge in [-0.25, -0.2) is 9.37 Å². The second-order valence-corrected chi connectivity index (χ2v) is 3.95. The topological polar surface area (TPSA) is 65.3 Å². The van der Waals surface area contributed by atoms with Gasteiger partial charge in [0.25, 0.3) is 0 Å². The quantitative estimate of drug-likeness (QED) is 0.621. The van der Waals surface area contributed by atoms with Gasteiger partial charge in [0.1, 0.15) is 12.4 Å². The first-order chi connectivity index (χ1) is 9.63. The molecule has 0 amide bonds. The molecule has 1 aromatic heterocycles. The third kappa shape index (κ3) is 4.16. The van der Waals surface area contributed by atoms with E-state index in [0.29, 0.717) is 5.88 Å². The maximum absolute atomic E-state index is 12.7. The van der Waals surface area contributed by atoms with Crippen LogP contribution in [0.3, 0.4) is 0 Å². The van der Waals surface area contributed by atoms with Crippen molar-refractivity contribution in [2.45, 2.75) is 6.61 Å². The Morgan fingerprint density at radius 3 is 2.60 bits per heavy atom. The maximum Gasteiger partial charge on any atom is 0.235 e. The summed E-state index contributed by atoms with van der Waals surface area (Å²) in [7, 11) is 0. The summed E-state index contributed by atoms with van der Waals surface area (Å²) in [5.41, 5.74) is 1.61. The molecule has 102 valence electrons. The van der Waals surface area contributed by atoms with Crippen LogP contribution < -0.4 is 4.74 Å². The van der Waals surface area contributed by atoms with E-state index in [1.54, 1.807) is 24.3 Å². The molecule has 6 heteroatoms. The molecule has 0 saturated heterocycles. The number of nitro groups is 1. The lowest BCUT2D eigenvalue weighted by atomic mass is 10.1. The summed E-state index contributed by atoms with van der Waals surface area (Å²) in [5, 5.41) is 10.2. The molecule has 0 N–H and O–H groups in total. The van der Waals surface area contributed by atoms with Crippen LogP contribution in [-0.2, 0) is 6.61 Å². The molecule has 0 saturated carbocycles. The average Bonchev–Trinajstić information content (AvgIpc) is 2.45. The highest BCUT2D eigenvalue weighted by Crippen LogP contribution is 2.11. The molecule has 0 bridgehead atoms. The van der Waals surface area contributed by atoms with Crippen LogP contribution in [0.4, 0.5) is 4.39 Å². The molecule has 2 aromatic rings. The minimum absolute atomic E-state index is 0.290. The Morgan fingerprint density at radius 1 is 1.25 bits per heavy atom. The van der Waals surface area contributed by atoms with Gasteiger partial charge in [0.2, 0.25) is 12.1 Å². The van der Waals surface area contributed by atoms with Crippen molar-refractivity contribution in [1.82, 2.24) is 4.98 Å². The molecule has 5 nitrogen and oxygen atoms in total. The van der Waals surface area contributed by atoms with Crippen LogP contribution in [0, 0.1) is 15.9 Å². The molecular weight excluding hydrogens is 263 g/mol. The van der Waals surface area contributed by atoms with Gasteiger partial charge in [-0.05, 0) is 17.2 Å². The summed E-state index contributed by atoms with van der Waals surface area (Å²) in [4.78, 5) is 13.4. The van der Waals surface area contributed by atoms with Crippen LogP contribution in [0.25, 0.3) is 6.08 Å². The summed E-state index contributed by atoms with van der Waals surface area (Å²) in [6.45, 7) is 0.290. The second kappa shape index (κ2) is 6.42. The summed E-state index contributed by atoms with van der Waals surface area (Å²) in [6.07, 6.45) is 3.38. The molecule has 0 atom stereocenters. The van der Waals surface area contributed by atoms with Crippen LogP contribution in [0.5, 0.6) is 5.88 Å². The van der Waals surface area contributed by atoms with E-state index >= 15 is 0 Å². The van der Waals surface area contributed by atoms with E-state index in [2.05, 4.69) is 4.98 Å². The molecule has 20 heavy (non-hydrogen) atoms. The predicted octanol–water partition coefficient (Wildman–Crippen LogP) is 3.05. The van der Waals surface area contributed by atoms with Crippen molar-refractivity contribution in [3.8, 4) is 5.88 Å². The Bertz CT molecular complexity index is 609. The van der Waals surface area contributed by atoms with E-state index in [-0.39, 0.29) is 6.61 Å². The fourth-order valence-corrected chi connectivity index (χ4v) is 1.48. The summed E-state index contributed by atoms with van der Waals surface area (Å²) in [6, 6.07) is 9.80. The zero-order valence-corrected chi connectivity index (χ0v) is 10.4. The van der Waals surface area contributed by atoms with E-state index in [9.17, 15) is 14.5 Å². The van der Waals surface area contributed by atoms with Crippen LogP contribution >= 0.6 is 0 Å². The smallest absolute Gasteiger partial charge is 0.235 e. The van der Waals surface area contributed by atoms with E-state index < -0.39 is 10.7 Å². The third-order valence-electron chi connectivity index (χ3n) is 2.46. The number of hydrogen-bond donors (Lipinski definition) is 0. The molecule has 0 radical (unpaired) electrons. The maximum atomic E-state index is 12.7. The molecule has 0 aliphatic rings. The SMILES string of the molecule is O=[N+]([O-])C=Cc1ccc(COc2ccc(F)cn2)cc1. The summed E-state index contributed by atoms with van der Waals surface area (Å²) < 4.78 is 18.0. The van der Waals surface area contributed by atoms with Gasteiger partial charge in [-0.15, -0.1) is 0 Å². The lowest BCUT2D eigenvalue weighted by molar-refractivity contribution is -0.400. The van der Waals surface area contributed by atoms with Gasteiger partial charge in [0.15, 0.2) is 0 Å². The summed E-state index contributed by atoms with van der Waals surface area (Å²) >= 11 is 0. The number of rotatable bonds is 5. The van der Waals surface area contributed by atoms with Crippen molar-refractivity contribution in [3.63, 3.8) is 0 Å². The van der Waals surface area contributed by atoms with E-state index in [0.717, 1.165) is 23.5 Å². The first-order valence-electron chi connectivity index (χ1n) is 5.78. The Hall–Kier alpha value is -2.76. The number of pyridine rings is 1. The van der Waals surface area contributed by atoms with Crippen molar-refractivity contribution in [1.29, 1.82) is 0 Å². The first-order valence-corrected chi connectivity index (χ1v) is 5.78. The number of aromatic nitrogens is 1. The van der Waals surface area contributed by atoms with Crippen LogP contribution in [0.2, 0.25) is 0 Å². The normalized spacial score (nSPS) is 10.7. The average molecular weight is 274 g/mol. The lowest BCUT2D eigenvalue weighted by Gasteiger charge is -2.05. The van der Waals surface area contributed by atoms with Crippen molar-refractivity contribution in [3.05, 3.63) is 75.9 Å². The fourth-order valence-electron chi connectivity index (χ4n) is 1.48. The largest absolute Gasteiger partial charge is 0.473 e. The number of ether oxygens (including phenoxy) is 1. The summed E-state index contributed by atoms with van der Waals surface area (Å²) in [5.74, 6) is -0.0806. The molecule has 1 aromatic carbocycles. The van der Waals surface area contributed by atoms with Gasteiger partial charge in [-0.3, -0.25) is 10.1 Å². The molecule has 1 heterocycles. The minimum atomic E-state index is -0.517. The van der Waals surface area contributed by atoms with Crippen LogP contribution in [-0.4, -0.2) is 9.91 Å². The first kappa shape index (κ1) is 13.7. The van der Waals surface area contributed by atoms with Crippen LogP contribution in [0.1, 0.15) is 11.1 Å². The standard InChI is InChI=1S/C14H11FN2O3/c15-13-5-6-14(16-9-13)20-10-12-3-1-11(2-4-12)7-8-17(18)19/h1-9H,10H2. The third-order valence-corrected chi connectivity index (χ3v) is 2.46. The van der Waals surface area contributed by atoms with E-state index in [4.69, 9.17) is 4.74 Å². The lowest BCUT2D eigenvalue weighted by Crippen LogP contribution is -1.97. The van der Waals surface area contributed by atoms with Crippen molar-refractivity contribution in [2.75, 3.05) is 0 Å². The highest BCUT2D eigenvalue weighted by molar-refractivity contribution is 5.48. The zero-order valence-electron chi connectivity index (χ0n) is 10.4. The Kier molecular flexibility index (Phi) is 4.39. The van der Waals surface area contributed by atoms with Gasteiger partial charge < -0.3 is 4.74 Å². The molecule has 0 aliphatic heterocycles. The monoisotopic (exact) mass is 274 g/mol. The van der Waals surface area contributed by atoms with Gasteiger partial charge in [-0.2, -0.15) is 0 Å². The van der Waals surface area contributed by atoms with Crippen molar-refractivity contribution in [2.24, 2.45) is 0 Å². The van der Waals surface area contributed by atoms with E-state index in [1.807, 2.05) is 0 Å². The minimum Gasteiger partial charge on any atom is -0.473 e. The molecule has 0 spiro atoms. The van der Waals surface area contributed by atoms with Gasteiger partial charge >= 0.3 is 0 Å². The highest BCUT2D eigenvalue weighted by atomic mass is 19.1. The fraction of sp³-hybridized carbons (Fsp3) is 0.0714. The molecule has 0 unspecified atom stereocenters. The van der Waals surface area contributed by atoms with Crippen molar-refractivity contribution >= 4 is 6.08 Å². The Labute approximate surface area is 114 Å². The second-order valence-electron chi connectivity index (χ2n) is 3.95. The number of benzene rings is 1. The van der Waals surface area contributed by atoms with Gasteiger partial charge in [-0.1, -0.05) is 24.3 Å². The molecule has 0 fully saturated rings. The number of hydrogen-bond acceptors (Lipinski definition) is 4. The predicted molar refractivity (Wildman–Crippen MR) is 71.0 cm³/mol.